The molecule has 1 aromatic carbocycles. The summed E-state index contributed by atoms with van der Waals surface area (Å²) in [6.07, 6.45) is 2.20. The summed E-state index contributed by atoms with van der Waals surface area (Å²) in [4.78, 5) is 15.4. The highest BCUT2D eigenvalue weighted by Gasteiger charge is 2.21. The summed E-state index contributed by atoms with van der Waals surface area (Å²) in [5.41, 5.74) is 2.18. The van der Waals surface area contributed by atoms with Gasteiger partial charge in [0.1, 0.15) is 5.82 Å². The zero-order chi connectivity index (χ0) is 15.5. The van der Waals surface area contributed by atoms with Crippen LogP contribution in [0.15, 0.2) is 30.3 Å². The van der Waals surface area contributed by atoms with E-state index in [2.05, 4.69) is 17.1 Å². The molecule has 5 heteroatoms. The van der Waals surface area contributed by atoms with Crippen LogP contribution in [0.5, 0.6) is 0 Å². The molecule has 0 radical (unpaired) electrons. The van der Waals surface area contributed by atoms with E-state index < -0.39 is 0 Å². The predicted molar refractivity (Wildman–Crippen MR) is 88.1 cm³/mol. The highest BCUT2D eigenvalue weighted by molar-refractivity contribution is 7.18. The molecular formula is C17H19FN2OS. The van der Waals surface area contributed by atoms with Gasteiger partial charge in [-0.25, -0.2) is 4.39 Å². The van der Waals surface area contributed by atoms with Crippen molar-refractivity contribution in [1.29, 1.82) is 0 Å². The Kier molecular flexibility index (Phi) is 4.43. The molecule has 3 rings (SSSR count). The normalized spacial score (nSPS) is 13.8. The van der Waals surface area contributed by atoms with Crippen molar-refractivity contribution in [2.24, 2.45) is 0 Å². The number of carbonyl (C=O) groups is 1. The van der Waals surface area contributed by atoms with Crippen LogP contribution in [0.3, 0.4) is 0 Å². The van der Waals surface area contributed by atoms with E-state index >= 15 is 0 Å². The quantitative estimate of drug-likeness (QED) is 0.934. The number of halogens is 1. The Balaban J connectivity index is 1.68. The van der Waals surface area contributed by atoms with Gasteiger partial charge in [0.2, 0.25) is 0 Å². The number of rotatable bonds is 4. The molecule has 1 aliphatic heterocycles. The number of aryl methyl sites for hydroxylation is 1. The molecule has 0 unspecified atom stereocenters. The second kappa shape index (κ2) is 6.48. The smallest absolute Gasteiger partial charge is 0.261 e. The molecule has 1 aromatic heterocycles. The number of nitrogens with zero attached hydrogens (tertiary/aromatic N) is 1. The minimum Gasteiger partial charge on any atom is -0.363 e. The molecule has 1 N–H and O–H groups in total. The predicted octanol–water partition coefficient (Wildman–Crippen LogP) is 3.59. The first-order chi connectivity index (χ1) is 10.7. The molecule has 2 heterocycles. The van der Waals surface area contributed by atoms with E-state index in [0.29, 0.717) is 6.54 Å². The number of hydrogen-bond donors (Lipinski definition) is 1. The van der Waals surface area contributed by atoms with Crippen LogP contribution < -0.4 is 10.2 Å². The van der Waals surface area contributed by atoms with Crippen LogP contribution in [-0.2, 0) is 13.0 Å². The first-order valence-electron chi connectivity index (χ1n) is 7.57. The summed E-state index contributed by atoms with van der Waals surface area (Å²) < 4.78 is 12.9. The topological polar surface area (TPSA) is 32.3 Å². The lowest BCUT2D eigenvalue weighted by molar-refractivity contribution is 0.0955. The number of carbonyl (C=O) groups excluding carboxylic acids is 1. The lowest BCUT2D eigenvalue weighted by Crippen LogP contribution is -2.27. The van der Waals surface area contributed by atoms with Gasteiger partial charge in [-0.15, -0.1) is 11.3 Å². The monoisotopic (exact) mass is 318 g/mol. The Hall–Kier alpha value is -1.88. The molecule has 1 amide bonds. The highest BCUT2D eigenvalue weighted by atomic mass is 32.1. The van der Waals surface area contributed by atoms with Crippen molar-refractivity contribution in [3.8, 4) is 0 Å². The van der Waals surface area contributed by atoms with Crippen molar-refractivity contribution in [3.63, 3.8) is 0 Å². The van der Waals surface area contributed by atoms with Crippen molar-refractivity contribution in [2.75, 3.05) is 18.0 Å². The minimum atomic E-state index is -0.263. The zero-order valence-electron chi connectivity index (χ0n) is 12.6. The molecule has 0 atom stereocenters. The van der Waals surface area contributed by atoms with E-state index in [1.54, 1.807) is 23.5 Å². The summed E-state index contributed by atoms with van der Waals surface area (Å²) in [7, 11) is 0. The van der Waals surface area contributed by atoms with E-state index in [0.717, 1.165) is 36.4 Å². The fourth-order valence-electron chi connectivity index (χ4n) is 2.71. The van der Waals surface area contributed by atoms with Crippen molar-refractivity contribution >= 4 is 22.2 Å². The standard InChI is InChI=1S/C17H19FN2OS/c1-2-20-9-3-4-13-10-15(22-17(13)20)16(21)19-11-12-5-7-14(18)8-6-12/h5-8,10H,2-4,9,11H2,1H3,(H,19,21). The maximum atomic E-state index is 12.9. The molecule has 0 saturated heterocycles. The lowest BCUT2D eigenvalue weighted by Gasteiger charge is -2.26. The molecule has 0 saturated carbocycles. The first-order valence-corrected chi connectivity index (χ1v) is 8.39. The molecule has 116 valence electrons. The molecule has 0 spiro atoms. The molecule has 22 heavy (non-hydrogen) atoms. The zero-order valence-corrected chi connectivity index (χ0v) is 13.4. The first kappa shape index (κ1) is 15.0. The van der Waals surface area contributed by atoms with E-state index in [-0.39, 0.29) is 11.7 Å². The van der Waals surface area contributed by atoms with Gasteiger partial charge >= 0.3 is 0 Å². The molecular weight excluding hydrogens is 299 g/mol. The van der Waals surface area contributed by atoms with Crippen molar-refractivity contribution < 1.29 is 9.18 Å². The Morgan fingerprint density at radius 2 is 2.14 bits per heavy atom. The Morgan fingerprint density at radius 3 is 2.86 bits per heavy atom. The average molecular weight is 318 g/mol. The molecule has 2 aromatic rings. The summed E-state index contributed by atoms with van der Waals surface area (Å²) in [5, 5.41) is 4.14. The summed E-state index contributed by atoms with van der Waals surface area (Å²) in [5.74, 6) is -0.319. The fourth-order valence-corrected chi connectivity index (χ4v) is 3.93. The van der Waals surface area contributed by atoms with Gasteiger partial charge in [0, 0.05) is 19.6 Å². The maximum Gasteiger partial charge on any atom is 0.261 e. The van der Waals surface area contributed by atoms with Gasteiger partial charge in [0.05, 0.1) is 9.88 Å². The van der Waals surface area contributed by atoms with E-state index in [9.17, 15) is 9.18 Å². The SMILES string of the molecule is CCN1CCCc2cc(C(=O)NCc3ccc(F)cc3)sc21. The second-order valence-corrected chi connectivity index (χ2v) is 6.46. The third kappa shape index (κ3) is 3.14. The fraction of sp³-hybridized carbons (Fsp3) is 0.353. The molecule has 1 aliphatic rings. The number of amides is 1. The lowest BCUT2D eigenvalue weighted by atomic mass is 10.1. The van der Waals surface area contributed by atoms with Gasteiger partial charge in [0.25, 0.3) is 5.91 Å². The van der Waals surface area contributed by atoms with Gasteiger partial charge in [0.15, 0.2) is 0 Å². The maximum absolute atomic E-state index is 12.9. The number of thiophene rings is 1. The van der Waals surface area contributed by atoms with Crippen LogP contribution in [-0.4, -0.2) is 19.0 Å². The largest absolute Gasteiger partial charge is 0.363 e. The Labute approximate surface area is 133 Å². The second-order valence-electron chi connectivity index (χ2n) is 5.43. The van der Waals surface area contributed by atoms with Crippen LogP contribution in [0.2, 0.25) is 0 Å². The summed E-state index contributed by atoms with van der Waals surface area (Å²) in [6, 6.07) is 8.21. The summed E-state index contributed by atoms with van der Waals surface area (Å²) >= 11 is 1.57. The van der Waals surface area contributed by atoms with Gasteiger partial charge in [-0.05, 0) is 49.1 Å². The van der Waals surface area contributed by atoms with Gasteiger partial charge < -0.3 is 10.2 Å². The summed E-state index contributed by atoms with van der Waals surface area (Å²) in [6.45, 7) is 4.60. The molecule has 0 aliphatic carbocycles. The number of hydrogen-bond acceptors (Lipinski definition) is 3. The molecule has 0 fully saturated rings. The van der Waals surface area contributed by atoms with Crippen LogP contribution in [0.4, 0.5) is 9.39 Å². The van der Waals surface area contributed by atoms with E-state index in [4.69, 9.17) is 0 Å². The third-order valence-electron chi connectivity index (χ3n) is 3.92. The number of nitrogens with one attached hydrogen (secondary N) is 1. The number of fused-ring (bicyclic) bond motifs is 1. The molecule has 0 bridgehead atoms. The van der Waals surface area contributed by atoms with Crippen molar-refractivity contribution in [3.05, 3.63) is 52.2 Å². The number of benzene rings is 1. The van der Waals surface area contributed by atoms with Crippen molar-refractivity contribution in [1.82, 2.24) is 5.32 Å². The van der Waals surface area contributed by atoms with Crippen LogP contribution in [0.1, 0.15) is 34.1 Å². The number of anilines is 1. The van der Waals surface area contributed by atoms with Crippen LogP contribution >= 0.6 is 11.3 Å². The van der Waals surface area contributed by atoms with Crippen LogP contribution in [0, 0.1) is 5.82 Å². The van der Waals surface area contributed by atoms with Crippen LogP contribution in [0.25, 0.3) is 0 Å². The van der Waals surface area contributed by atoms with Crippen molar-refractivity contribution in [2.45, 2.75) is 26.3 Å². The third-order valence-corrected chi connectivity index (χ3v) is 5.16. The van der Waals surface area contributed by atoms with Gasteiger partial charge in [-0.3, -0.25) is 4.79 Å². The van der Waals surface area contributed by atoms with E-state index in [1.807, 2.05) is 6.07 Å². The highest BCUT2D eigenvalue weighted by Crippen LogP contribution is 2.35. The van der Waals surface area contributed by atoms with Gasteiger partial charge in [-0.1, -0.05) is 12.1 Å². The minimum absolute atomic E-state index is 0.0558. The Morgan fingerprint density at radius 1 is 1.36 bits per heavy atom. The van der Waals surface area contributed by atoms with E-state index in [1.165, 1.54) is 22.7 Å². The Bertz CT molecular complexity index is 666. The average Bonchev–Trinajstić information content (AvgIpc) is 2.98. The molecule has 3 nitrogen and oxygen atoms in total. The van der Waals surface area contributed by atoms with Gasteiger partial charge in [-0.2, -0.15) is 0 Å².